The lowest BCUT2D eigenvalue weighted by Gasteiger charge is -2.00. The molecule has 0 radical (unpaired) electrons. The summed E-state index contributed by atoms with van der Waals surface area (Å²) in [7, 11) is 0. The highest BCUT2D eigenvalue weighted by Gasteiger charge is 2.13. The number of benzene rings is 6. The summed E-state index contributed by atoms with van der Waals surface area (Å²) in [5.41, 5.74) is -2.23. The largest absolute Gasteiger partial charge is 0.253 e. The first-order valence-corrected chi connectivity index (χ1v) is 15.3. The van der Waals surface area contributed by atoms with Crippen LogP contribution < -0.4 is 0 Å². The summed E-state index contributed by atoms with van der Waals surface area (Å²) >= 11 is 0. The van der Waals surface area contributed by atoms with E-state index in [1.165, 1.54) is 0 Å². The number of rotatable bonds is 6. The first kappa shape index (κ1) is 43.0. The van der Waals surface area contributed by atoms with Crippen LogP contribution in [0.25, 0.3) is 0 Å². The Labute approximate surface area is 311 Å². The normalized spacial score (nSPS) is 11.2. The minimum absolute atomic E-state index is 0.134. The second-order valence-corrected chi connectivity index (χ2v) is 10.9. The third kappa shape index (κ3) is 12.1. The molecule has 0 N–H and O–H groups in total. The van der Waals surface area contributed by atoms with Crippen molar-refractivity contribution in [2.45, 2.75) is 0 Å². The molecule has 6 rings (SSSR count). The molecular formula is C39H18F15N3. The lowest BCUT2D eigenvalue weighted by Crippen LogP contribution is -1.91. The predicted molar refractivity (Wildman–Crippen MR) is 180 cm³/mol. The van der Waals surface area contributed by atoms with E-state index in [1.807, 2.05) is 0 Å². The van der Waals surface area contributed by atoms with Crippen molar-refractivity contribution in [3.8, 4) is 0 Å². The van der Waals surface area contributed by atoms with Crippen LogP contribution in [0.2, 0.25) is 0 Å². The molecular weight excluding hydrogens is 795 g/mol. The lowest BCUT2D eigenvalue weighted by atomic mass is 10.2. The van der Waals surface area contributed by atoms with E-state index in [4.69, 9.17) is 0 Å². The topological polar surface area (TPSA) is 37.1 Å². The molecule has 57 heavy (non-hydrogen) atoms. The minimum Gasteiger partial charge on any atom is -0.253 e. The number of halogens is 15. The van der Waals surface area contributed by atoms with E-state index in [9.17, 15) is 65.9 Å². The van der Waals surface area contributed by atoms with Gasteiger partial charge in [-0.3, -0.25) is 15.0 Å². The Morgan fingerprint density at radius 1 is 0.263 bits per heavy atom. The Kier molecular flexibility index (Phi) is 14.5. The van der Waals surface area contributed by atoms with Crippen molar-refractivity contribution < 1.29 is 65.9 Å². The molecule has 0 aromatic heterocycles. The number of hydrogen-bond donors (Lipinski definition) is 0. The number of aliphatic imine (C=N–C) groups is 3. The molecule has 0 bridgehead atoms. The van der Waals surface area contributed by atoms with E-state index in [-0.39, 0.29) is 16.7 Å². The predicted octanol–water partition coefficient (Wildman–Crippen LogP) is 12.4. The van der Waals surface area contributed by atoms with Crippen molar-refractivity contribution in [1.29, 1.82) is 0 Å². The van der Waals surface area contributed by atoms with Crippen LogP contribution in [0.1, 0.15) is 16.7 Å². The molecule has 0 atom stereocenters. The van der Waals surface area contributed by atoms with Crippen molar-refractivity contribution in [3.05, 3.63) is 195 Å². The third-order valence-corrected chi connectivity index (χ3v) is 6.84. The van der Waals surface area contributed by atoms with Crippen molar-refractivity contribution in [3.63, 3.8) is 0 Å². The summed E-state index contributed by atoms with van der Waals surface area (Å²) in [5, 5.41) is 0. The Bertz CT molecular complexity index is 2230. The van der Waals surface area contributed by atoms with Gasteiger partial charge in [0, 0.05) is 89.9 Å². The van der Waals surface area contributed by atoms with E-state index in [2.05, 4.69) is 15.0 Å². The Morgan fingerprint density at radius 3 is 0.719 bits per heavy atom. The maximum atomic E-state index is 13.2. The Hall–Kier alpha value is -6.72. The van der Waals surface area contributed by atoms with Crippen LogP contribution in [-0.4, -0.2) is 18.6 Å². The summed E-state index contributed by atoms with van der Waals surface area (Å²) in [6, 6.07) is 11.1. The summed E-state index contributed by atoms with van der Waals surface area (Å²) < 4.78 is 195. The quantitative estimate of drug-likeness (QED) is 0.0913. The van der Waals surface area contributed by atoms with Gasteiger partial charge < -0.3 is 0 Å². The van der Waals surface area contributed by atoms with Crippen molar-refractivity contribution in [2.75, 3.05) is 0 Å². The molecule has 0 saturated heterocycles. The number of nitrogens with zero attached hydrogens (tertiary/aromatic N) is 3. The number of hydrogen-bond acceptors (Lipinski definition) is 3. The maximum absolute atomic E-state index is 13.2. The molecule has 294 valence electrons. The Morgan fingerprint density at radius 2 is 0.491 bits per heavy atom. The molecule has 6 aromatic carbocycles. The van der Waals surface area contributed by atoms with Crippen molar-refractivity contribution >= 4 is 35.7 Å². The maximum Gasteiger partial charge on any atom is 0.184 e. The molecule has 0 saturated carbocycles. The van der Waals surface area contributed by atoms with Crippen LogP contribution in [-0.2, 0) is 0 Å². The average molecular weight is 814 g/mol. The van der Waals surface area contributed by atoms with Crippen LogP contribution in [0.4, 0.5) is 82.9 Å². The van der Waals surface area contributed by atoms with Gasteiger partial charge in [0.2, 0.25) is 0 Å². The van der Waals surface area contributed by atoms with Gasteiger partial charge in [0.25, 0.3) is 0 Å². The fourth-order valence-corrected chi connectivity index (χ4v) is 4.14. The fourth-order valence-electron chi connectivity index (χ4n) is 4.14. The fraction of sp³-hybridized carbons (Fsp3) is 0. The summed E-state index contributed by atoms with van der Waals surface area (Å²) in [5.74, 6) is -16.3. The first-order chi connectivity index (χ1) is 26.9. The second-order valence-electron chi connectivity index (χ2n) is 10.9. The van der Waals surface area contributed by atoms with Crippen molar-refractivity contribution in [2.24, 2.45) is 15.0 Å². The van der Waals surface area contributed by atoms with Gasteiger partial charge in [-0.1, -0.05) is 0 Å². The highest BCUT2D eigenvalue weighted by atomic mass is 19.2. The standard InChI is InChI=1S/3C13H6F5N/c3*14-8-2-1-7(10(16)3-8)6-19-12-5-9(15)4-11(17)13(12)18/h3*1-6H. The van der Waals surface area contributed by atoms with Gasteiger partial charge in [-0.25, -0.2) is 65.9 Å². The van der Waals surface area contributed by atoms with Crippen LogP contribution >= 0.6 is 0 Å². The lowest BCUT2D eigenvalue weighted by molar-refractivity contribution is 0.497. The molecule has 0 aliphatic rings. The van der Waals surface area contributed by atoms with E-state index in [1.54, 1.807) is 0 Å². The van der Waals surface area contributed by atoms with Crippen LogP contribution in [0, 0.1) is 87.3 Å². The van der Waals surface area contributed by atoms with E-state index in [0.717, 1.165) is 55.0 Å². The smallest absolute Gasteiger partial charge is 0.184 e. The molecule has 3 nitrogen and oxygen atoms in total. The molecule has 0 spiro atoms. The van der Waals surface area contributed by atoms with Crippen molar-refractivity contribution in [1.82, 2.24) is 0 Å². The van der Waals surface area contributed by atoms with Crippen LogP contribution in [0.5, 0.6) is 0 Å². The van der Waals surface area contributed by atoms with E-state index < -0.39 is 104 Å². The third-order valence-electron chi connectivity index (χ3n) is 6.84. The van der Waals surface area contributed by atoms with Crippen LogP contribution in [0.3, 0.4) is 0 Å². The van der Waals surface area contributed by atoms with Crippen LogP contribution in [0.15, 0.2) is 106 Å². The Balaban J connectivity index is 0.000000189. The summed E-state index contributed by atoms with van der Waals surface area (Å²) in [6.45, 7) is 0. The average Bonchev–Trinajstić information content (AvgIpc) is 3.13. The van der Waals surface area contributed by atoms with Gasteiger partial charge in [0.15, 0.2) is 34.9 Å². The zero-order chi connectivity index (χ0) is 42.0. The SMILES string of the molecule is Fc1ccc(C=Nc2cc(F)cc(F)c2F)c(F)c1.Fc1ccc(C=Nc2cc(F)cc(F)c2F)c(F)c1.Fc1ccc(C=Nc2cc(F)cc(F)c2F)c(F)c1. The van der Waals surface area contributed by atoms with Gasteiger partial charge >= 0.3 is 0 Å². The minimum atomic E-state index is -1.40. The molecule has 0 aliphatic heterocycles. The molecule has 6 aromatic rings. The van der Waals surface area contributed by atoms with Gasteiger partial charge in [0.1, 0.15) is 69.4 Å². The zero-order valence-corrected chi connectivity index (χ0v) is 27.9. The molecule has 18 heteroatoms. The molecule has 0 aliphatic carbocycles. The second kappa shape index (κ2) is 19.2. The first-order valence-electron chi connectivity index (χ1n) is 15.3. The highest BCUT2D eigenvalue weighted by molar-refractivity contribution is 5.83. The highest BCUT2D eigenvalue weighted by Crippen LogP contribution is 2.25. The van der Waals surface area contributed by atoms with Gasteiger partial charge in [0.05, 0.1) is 0 Å². The molecule has 0 heterocycles. The summed E-state index contributed by atoms with van der Waals surface area (Å²) in [4.78, 5) is 10.3. The van der Waals surface area contributed by atoms with E-state index in [0.29, 0.717) is 54.6 Å². The molecule has 0 amide bonds. The van der Waals surface area contributed by atoms with Gasteiger partial charge in [-0.15, -0.1) is 0 Å². The zero-order valence-electron chi connectivity index (χ0n) is 27.9. The molecule has 0 fully saturated rings. The summed E-state index contributed by atoms with van der Waals surface area (Å²) in [6.07, 6.45) is 2.56. The molecule has 0 unspecified atom stereocenters. The van der Waals surface area contributed by atoms with Gasteiger partial charge in [-0.2, -0.15) is 0 Å². The monoisotopic (exact) mass is 813 g/mol. The van der Waals surface area contributed by atoms with E-state index >= 15 is 0 Å². The van der Waals surface area contributed by atoms with Gasteiger partial charge in [-0.05, 0) is 36.4 Å².